The molecule has 108 valence electrons. The number of esters is 1. The van der Waals surface area contributed by atoms with Gasteiger partial charge in [0, 0.05) is 19.8 Å². The minimum Gasteiger partial charge on any atom is -0.468 e. The summed E-state index contributed by atoms with van der Waals surface area (Å²) in [7, 11) is 5.29. The largest absolute Gasteiger partial charge is 0.468 e. The predicted molar refractivity (Wildman–Crippen MR) is 79.1 cm³/mol. The number of ether oxygens (including phenoxy) is 1. The van der Waals surface area contributed by atoms with Gasteiger partial charge in [-0.15, -0.1) is 10.2 Å². The zero-order chi connectivity index (χ0) is 14.3. The van der Waals surface area contributed by atoms with Crippen LogP contribution in [0.4, 0.5) is 5.13 Å². The Labute approximate surface area is 121 Å². The molecular weight excluding hydrogens is 284 g/mol. The van der Waals surface area contributed by atoms with Gasteiger partial charge in [-0.3, -0.25) is 4.79 Å². The fraction of sp³-hybridized carbons (Fsp3) is 0.727. The van der Waals surface area contributed by atoms with Crippen LogP contribution in [-0.4, -0.2) is 55.7 Å². The van der Waals surface area contributed by atoms with E-state index in [2.05, 4.69) is 15.5 Å². The maximum absolute atomic E-state index is 11.5. The van der Waals surface area contributed by atoms with Crippen molar-refractivity contribution >= 4 is 34.2 Å². The molecule has 1 unspecified atom stereocenters. The van der Waals surface area contributed by atoms with E-state index < -0.39 is 0 Å². The molecule has 0 aliphatic carbocycles. The molecule has 0 amide bonds. The van der Waals surface area contributed by atoms with E-state index in [9.17, 15) is 4.79 Å². The first-order valence-corrected chi connectivity index (χ1v) is 7.83. The van der Waals surface area contributed by atoms with Crippen LogP contribution in [-0.2, 0) is 9.53 Å². The molecule has 0 fully saturated rings. The van der Waals surface area contributed by atoms with E-state index in [1.807, 2.05) is 25.9 Å². The Kier molecular flexibility index (Phi) is 7.11. The molecule has 0 aliphatic heterocycles. The Morgan fingerprint density at radius 2 is 2.26 bits per heavy atom. The van der Waals surface area contributed by atoms with E-state index in [-0.39, 0.29) is 12.0 Å². The van der Waals surface area contributed by atoms with Gasteiger partial charge in [0.05, 0.1) is 7.11 Å². The molecule has 1 atom stereocenters. The Morgan fingerprint density at radius 1 is 1.53 bits per heavy atom. The third-order valence-corrected chi connectivity index (χ3v) is 4.60. The summed E-state index contributed by atoms with van der Waals surface area (Å²) in [6, 6.07) is -0.247. The van der Waals surface area contributed by atoms with Crippen molar-refractivity contribution in [3.63, 3.8) is 0 Å². The van der Waals surface area contributed by atoms with Gasteiger partial charge in [-0.2, -0.15) is 0 Å². The fourth-order valence-electron chi connectivity index (χ4n) is 1.40. The summed E-state index contributed by atoms with van der Waals surface area (Å²) in [6.45, 7) is 2.71. The number of methoxy groups -OCH3 is 1. The first-order valence-electron chi connectivity index (χ1n) is 6.03. The van der Waals surface area contributed by atoms with Gasteiger partial charge in [-0.25, -0.2) is 0 Å². The van der Waals surface area contributed by atoms with Crippen LogP contribution in [0.5, 0.6) is 0 Å². The van der Waals surface area contributed by atoms with Gasteiger partial charge in [-0.05, 0) is 13.0 Å². The number of likely N-dealkylation sites (N-methyl/N-ethyl adjacent to an activating group) is 1. The molecule has 6 nitrogen and oxygen atoms in total. The lowest BCUT2D eigenvalue weighted by Gasteiger charge is -2.14. The standard InChI is InChI=1S/C11H20N4O2S2/c1-5-12-8(9(16)17-4)6-7-18-11-14-13-10(19-11)15(2)3/h8,12H,5-7H2,1-4H3. The molecule has 1 aromatic rings. The first-order chi connectivity index (χ1) is 9.08. The number of carbonyl (C=O) groups excluding carboxylic acids is 1. The third-order valence-electron chi connectivity index (χ3n) is 2.35. The molecule has 1 rings (SSSR count). The number of nitrogens with zero attached hydrogens (tertiary/aromatic N) is 3. The monoisotopic (exact) mass is 304 g/mol. The van der Waals surface area contributed by atoms with Gasteiger partial charge in [-0.1, -0.05) is 30.0 Å². The van der Waals surface area contributed by atoms with Crippen molar-refractivity contribution in [3.8, 4) is 0 Å². The maximum atomic E-state index is 11.5. The van der Waals surface area contributed by atoms with Gasteiger partial charge >= 0.3 is 5.97 Å². The normalized spacial score (nSPS) is 12.2. The number of nitrogens with one attached hydrogen (secondary N) is 1. The lowest BCUT2D eigenvalue weighted by Crippen LogP contribution is -2.37. The van der Waals surface area contributed by atoms with Crippen molar-refractivity contribution in [1.29, 1.82) is 0 Å². The highest BCUT2D eigenvalue weighted by molar-refractivity contribution is 8.01. The Balaban J connectivity index is 2.40. The number of anilines is 1. The summed E-state index contributed by atoms with van der Waals surface area (Å²) in [5.74, 6) is 0.586. The Morgan fingerprint density at radius 3 is 2.79 bits per heavy atom. The van der Waals surface area contributed by atoms with Crippen molar-refractivity contribution in [2.45, 2.75) is 23.7 Å². The highest BCUT2D eigenvalue weighted by atomic mass is 32.2. The number of hydrogen-bond acceptors (Lipinski definition) is 8. The minimum absolute atomic E-state index is 0.214. The number of aromatic nitrogens is 2. The van der Waals surface area contributed by atoms with Crippen LogP contribution in [0.15, 0.2) is 4.34 Å². The van der Waals surface area contributed by atoms with Crippen molar-refractivity contribution in [3.05, 3.63) is 0 Å². The van der Waals surface area contributed by atoms with Crippen LogP contribution >= 0.6 is 23.1 Å². The zero-order valence-electron chi connectivity index (χ0n) is 11.7. The lowest BCUT2D eigenvalue weighted by molar-refractivity contribution is -0.143. The van der Waals surface area contributed by atoms with E-state index in [1.54, 1.807) is 23.1 Å². The molecule has 1 aromatic heterocycles. The third kappa shape index (κ3) is 5.33. The van der Waals surface area contributed by atoms with Crippen LogP contribution in [0, 0.1) is 0 Å². The second kappa shape index (κ2) is 8.34. The molecule has 0 aliphatic rings. The van der Waals surface area contributed by atoms with E-state index in [0.717, 1.165) is 21.8 Å². The van der Waals surface area contributed by atoms with E-state index in [0.29, 0.717) is 6.42 Å². The van der Waals surface area contributed by atoms with Crippen molar-refractivity contribution in [2.75, 3.05) is 38.4 Å². The molecule has 0 radical (unpaired) electrons. The molecule has 0 saturated carbocycles. The number of thioether (sulfide) groups is 1. The molecule has 1 heterocycles. The minimum atomic E-state index is -0.247. The number of carbonyl (C=O) groups is 1. The lowest BCUT2D eigenvalue weighted by atomic mass is 10.2. The molecule has 1 N–H and O–H groups in total. The van der Waals surface area contributed by atoms with Gasteiger partial charge in [0.25, 0.3) is 0 Å². The molecule has 8 heteroatoms. The van der Waals surface area contributed by atoms with Crippen LogP contribution < -0.4 is 10.2 Å². The predicted octanol–water partition coefficient (Wildman–Crippen LogP) is 1.24. The SMILES string of the molecule is CCNC(CCSc1nnc(N(C)C)s1)C(=O)OC. The quantitative estimate of drug-likeness (QED) is 0.572. The van der Waals surface area contributed by atoms with Crippen molar-refractivity contribution in [2.24, 2.45) is 0 Å². The van der Waals surface area contributed by atoms with Crippen molar-refractivity contribution in [1.82, 2.24) is 15.5 Å². The molecule has 0 saturated heterocycles. The molecule has 0 aromatic carbocycles. The van der Waals surface area contributed by atoms with Crippen LogP contribution in [0.1, 0.15) is 13.3 Å². The number of rotatable bonds is 8. The van der Waals surface area contributed by atoms with E-state index >= 15 is 0 Å². The summed E-state index contributed by atoms with van der Waals surface area (Å²) in [5.41, 5.74) is 0. The Hall–Kier alpha value is -0.860. The maximum Gasteiger partial charge on any atom is 0.322 e. The average molecular weight is 304 g/mol. The van der Waals surface area contributed by atoms with Gasteiger partial charge < -0.3 is 15.0 Å². The molecule has 19 heavy (non-hydrogen) atoms. The second-order valence-corrected chi connectivity index (χ2v) is 6.31. The molecule has 0 spiro atoms. The summed E-state index contributed by atoms with van der Waals surface area (Å²) >= 11 is 3.16. The van der Waals surface area contributed by atoms with Crippen LogP contribution in [0.25, 0.3) is 0 Å². The first kappa shape index (κ1) is 16.2. The second-order valence-electron chi connectivity index (χ2n) is 4.02. The van der Waals surface area contributed by atoms with Crippen molar-refractivity contribution < 1.29 is 9.53 Å². The Bertz CT molecular complexity index is 398. The molecular formula is C11H20N4O2S2. The van der Waals surface area contributed by atoms with Crippen LogP contribution in [0.2, 0.25) is 0 Å². The smallest absolute Gasteiger partial charge is 0.322 e. The average Bonchev–Trinajstić information content (AvgIpc) is 2.86. The zero-order valence-corrected chi connectivity index (χ0v) is 13.3. The fourth-order valence-corrected chi connectivity index (χ4v) is 3.24. The van der Waals surface area contributed by atoms with Gasteiger partial charge in [0.2, 0.25) is 5.13 Å². The van der Waals surface area contributed by atoms with E-state index in [1.165, 1.54) is 7.11 Å². The van der Waals surface area contributed by atoms with E-state index in [4.69, 9.17) is 4.74 Å². The summed E-state index contributed by atoms with van der Waals surface area (Å²) in [6.07, 6.45) is 0.710. The summed E-state index contributed by atoms with van der Waals surface area (Å²) in [4.78, 5) is 13.4. The highest BCUT2D eigenvalue weighted by Gasteiger charge is 2.17. The highest BCUT2D eigenvalue weighted by Crippen LogP contribution is 2.27. The number of hydrogen-bond donors (Lipinski definition) is 1. The van der Waals surface area contributed by atoms with Crippen LogP contribution in [0.3, 0.4) is 0 Å². The topological polar surface area (TPSA) is 67.4 Å². The van der Waals surface area contributed by atoms with Gasteiger partial charge in [0.15, 0.2) is 4.34 Å². The molecule has 0 bridgehead atoms. The summed E-state index contributed by atoms with van der Waals surface area (Å²) < 4.78 is 5.68. The summed E-state index contributed by atoms with van der Waals surface area (Å²) in [5, 5.41) is 12.2. The van der Waals surface area contributed by atoms with Gasteiger partial charge in [0.1, 0.15) is 6.04 Å².